The van der Waals surface area contributed by atoms with E-state index in [1.54, 1.807) is 37.4 Å². The summed E-state index contributed by atoms with van der Waals surface area (Å²) in [7, 11) is 2.80. The van der Waals surface area contributed by atoms with Gasteiger partial charge in [-0.2, -0.15) is 0 Å². The SMILES string of the molecule is C/C=C/c1ccc(OCC(=O)Nc2ccccc2-n2cc(C(=O)OC)nn2)c(OC)c1. The zero-order chi connectivity index (χ0) is 22.2. The van der Waals surface area contributed by atoms with Gasteiger partial charge in [-0.3, -0.25) is 4.79 Å². The van der Waals surface area contributed by atoms with Gasteiger partial charge in [0.15, 0.2) is 23.8 Å². The van der Waals surface area contributed by atoms with Crippen LogP contribution in [0.5, 0.6) is 11.5 Å². The molecular weight excluding hydrogens is 400 g/mol. The molecule has 3 aromatic rings. The minimum absolute atomic E-state index is 0.0559. The number of hydrogen-bond donors (Lipinski definition) is 1. The first kappa shape index (κ1) is 21.6. The molecule has 0 aliphatic rings. The van der Waals surface area contributed by atoms with Crippen LogP contribution in [0, 0.1) is 0 Å². The Morgan fingerprint density at radius 1 is 1.13 bits per heavy atom. The Kier molecular flexibility index (Phi) is 7.00. The highest BCUT2D eigenvalue weighted by Crippen LogP contribution is 2.28. The van der Waals surface area contributed by atoms with E-state index in [4.69, 9.17) is 9.47 Å². The molecule has 160 valence electrons. The number of allylic oxidation sites excluding steroid dienone is 1. The van der Waals surface area contributed by atoms with Gasteiger partial charge in [0.1, 0.15) is 0 Å². The van der Waals surface area contributed by atoms with Gasteiger partial charge >= 0.3 is 5.97 Å². The van der Waals surface area contributed by atoms with Crippen molar-refractivity contribution in [2.45, 2.75) is 6.92 Å². The Labute approximate surface area is 179 Å². The number of ether oxygens (including phenoxy) is 3. The van der Waals surface area contributed by atoms with Crippen molar-refractivity contribution in [3.05, 3.63) is 66.0 Å². The number of nitrogens with one attached hydrogen (secondary N) is 1. The first-order valence-electron chi connectivity index (χ1n) is 9.39. The van der Waals surface area contributed by atoms with Crippen molar-refractivity contribution in [2.75, 3.05) is 26.1 Å². The lowest BCUT2D eigenvalue weighted by molar-refractivity contribution is -0.118. The van der Waals surface area contributed by atoms with E-state index >= 15 is 0 Å². The Morgan fingerprint density at radius 3 is 2.68 bits per heavy atom. The summed E-state index contributed by atoms with van der Waals surface area (Å²) >= 11 is 0. The van der Waals surface area contributed by atoms with Gasteiger partial charge in [-0.15, -0.1) is 5.10 Å². The smallest absolute Gasteiger partial charge is 0.360 e. The van der Waals surface area contributed by atoms with Crippen LogP contribution in [0.15, 0.2) is 54.7 Å². The number of anilines is 1. The Balaban J connectivity index is 1.71. The molecule has 0 atom stereocenters. The number of esters is 1. The third-order valence-corrected chi connectivity index (χ3v) is 4.22. The third-order valence-electron chi connectivity index (χ3n) is 4.22. The van der Waals surface area contributed by atoms with E-state index in [-0.39, 0.29) is 18.2 Å². The molecule has 9 heteroatoms. The van der Waals surface area contributed by atoms with Gasteiger partial charge in [-0.05, 0) is 36.8 Å². The van der Waals surface area contributed by atoms with Crippen LogP contribution >= 0.6 is 0 Å². The van der Waals surface area contributed by atoms with E-state index in [9.17, 15) is 9.59 Å². The summed E-state index contributed by atoms with van der Waals surface area (Å²) in [6, 6.07) is 12.4. The number of carbonyl (C=O) groups excluding carboxylic acids is 2. The Hall–Kier alpha value is -4.14. The fourth-order valence-electron chi connectivity index (χ4n) is 2.79. The highest BCUT2D eigenvalue weighted by molar-refractivity contribution is 5.94. The zero-order valence-electron chi connectivity index (χ0n) is 17.4. The standard InChI is InChI=1S/C22H22N4O5/c1-4-7-15-10-11-19(20(12-15)29-2)31-14-21(27)23-16-8-5-6-9-18(16)26-13-17(24-25-26)22(28)30-3/h4-13H,14H2,1-3H3,(H,23,27)/b7-4+. The van der Waals surface area contributed by atoms with Crippen LogP contribution in [0.1, 0.15) is 23.0 Å². The molecule has 3 rings (SSSR count). The molecule has 0 fully saturated rings. The van der Waals surface area contributed by atoms with E-state index in [2.05, 4.69) is 20.4 Å². The van der Waals surface area contributed by atoms with Crippen LogP contribution in [0.4, 0.5) is 5.69 Å². The molecule has 1 amide bonds. The maximum absolute atomic E-state index is 12.5. The second kappa shape index (κ2) is 10.1. The summed E-state index contributed by atoms with van der Waals surface area (Å²) in [6.45, 7) is 1.70. The van der Waals surface area contributed by atoms with Crippen molar-refractivity contribution >= 4 is 23.6 Å². The monoisotopic (exact) mass is 422 g/mol. The molecule has 0 unspecified atom stereocenters. The van der Waals surface area contributed by atoms with Gasteiger partial charge < -0.3 is 19.5 Å². The van der Waals surface area contributed by atoms with Gasteiger partial charge in [0, 0.05) is 0 Å². The molecule has 1 N–H and O–H groups in total. The van der Waals surface area contributed by atoms with Crippen molar-refractivity contribution < 1.29 is 23.8 Å². The van der Waals surface area contributed by atoms with E-state index in [1.807, 2.05) is 31.2 Å². The summed E-state index contributed by atoms with van der Waals surface area (Å²) in [6.07, 6.45) is 5.28. The van der Waals surface area contributed by atoms with Crippen LogP contribution in [0.3, 0.4) is 0 Å². The summed E-state index contributed by atoms with van der Waals surface area (Å²) in [5, 5.41) is 10.5. The quantitative estimate of drug-likeness (QED) is 0.556. The molecule has 0 bridgehead atoms. The predicted octanol–water partition coefficient (Wildman–Crippen LogP) is 3.11. The molecule has 0 spiro atoms. The molecule has 0 radical (unpaired) electrons. The topological polar surface area (TPSA) is 105 Å². The van der Waals surface area contributed by atoms with Crippen LogP contribution in [-0.4, -0.2) is 47.7 Å². The highest BCUT2D eigenvalue weighted by Gasteiger charge is 2.15. The number of methoxy groups -OCH3 is 2. The number of nitrogens with zero attached hydrogens (tertiary/aromatic N) is 3. The minimum Gasteiger partial charge on any atom is -0.493 e. The Bertz CT molecular complexity index is 1110. The van der Waals surface area contributed by atoms with E-state index in [1.165, 1.54) is 18.0 Å². The first-order chi connectivity index (χ1) is 15.0. The number of hydrogen-bond acceptors (Lipinski definition) is 7. The lowest BCUT2D eigenvalue weighted by atomic mass is 10.2. The normalized spacial score (nSPS) is 10.7. The van der Waals surface area contributed by atoms with Gasteiger partial charge in [-0.25, -0.2) is 9.48 Å². The molecule has 2 aromatic carbocycles. The van der Waals surface area contributed by atoms with Crippen molar-refractivity contribution in [1.82, 2.24) is 15.0 Å². The van der Waals surface area contributed by atoms with Gasteiger partial charge in [0.2, 0.25) is 0 Å². The highest BCUT2D eigenvalue weighted by atomic mass is 16.5. The van der Waals surface area contributed by atoms with Gasteiger partial charge in [-0.1, -0.05) is 35.6 Å². The average Bonchev–Trinajstić information content (AvgIpc) is 3.28. The van der Waals surface area contributed by atoms with Crippen LogP contribution in [0.25, 0.3) is 11.8 Å². The minimum atomic E-state index is -0.601. The summed E-state index contributed by atoms with van der Waals surface area (Å²) in [5.41, 5.74) is 2.03. The maximum Gasteiger partial charge on any atom is 0.360 e. The van der Waals surface area contributed by atoms with Crippen molar-refractivity contribution in [1.29, 1.82) is 0 Å². The van der Waals surface area contributed by atoms with Crippen molar-refractivity contribution in [3.63, 3.8) is 0 Å². The molecule has 0 saturated carbocycles. The van der Waals surface area contributed by atoms with E-state index in [0.717, 1.165) is 5.56 Å². The molecule has 31 heavy (non-hydrogen) atoms. The predicted molar refractivity (Wildman–Crippen MR) is 115 cm³/mol. The third kappa shape index (κ3) is 5.27. The molecule has 0 aliphatic carbocycles. The zero-order valence-corrected chi connectivity index (χ0v) is 17.4. The number of rotatable bonds is 8. The van der Waals surface area contributed by atoms with Gasteiger partial charge in [0.25, 0.3) is 5.91 Å². The van der Waals surface area contributed by atoms with Crippen LogP contribution in [-0.2, 0) is 9.53 Å². The van der Waals surface area contributed by atoms with Crippen molar-refractivity contribution in [2.24, 2.45) is 0 Å². The average molecular weight is 422 g/mol. The fraction of sp³-hybridized carbons (Fsp3) is 0.182. The molecular formula is C22H22N4O5. The second-order valence-electron chi connectivity index (χ2n) is 6.30. The van der Waals surface area contributed by atoms with Crippen molar-refractivity contribution in [3.8, 4) is 17.2 Å². The molecule has 1 aromatic heterocycles. The molecule has 0 aliphatic heterocycles. The number of benzene rings is 2. The number of aromatic nitrogens is 3. The summed E-state index contributed by atoms with van der Waals surface area (Å²) in [5.74, 6) is 0.0100. The number of para-hydroxylation sites is 2. The summed E-state index contributed by atoms with van der Waals surface area (Å²) in [4.78, 5) is 24.1. The Morgan fingerprint density at radius 2 is 1.94 bits per heavy atom. The molecule has 9 nitrogen and oxygen atoms in total. The number of carbonyl (C=O) groups is 2. The van der Waals surface area contributed by atoms with E-state index < -0.39 is 5.97 Å². The summed E-state index contributed by atoms with van der Waals surface area (Å²) < 4.78 is 17.0. The lowest BCUT2D eigenvalue weighted by Crippen LogP contribution is -2.21. The van der Waals surface area contributed by atoms with Crippen LogP contribution in [0.2, 0.25) is 0 Å². The van der Waals surface area contributed by atoms with E-state index in [0.29, 0.717) is 22.9 Å². The fourth-order valence-corrected chi connectivity index (χ4v) is 2.79. The molecule has 0 saturated heterocycles. The second-order valence-corrected chi connectivity index (χ2v) is 6.30. The maximum atomic E-state index is 12.5. The first-order valence-corrected chi connectivity index (χ1v) is 9.39. The lowest BCUT2D eigenvalue weighted by Gasteiger charge is -2.13. The van der Waals surface area contributed by atoms with Crippen LogP contribution < -0.4 is 14.8 Å². The largest absolute Gasteiger partial charge is 0.493 e. The van der Waals surface area contributed by atoms with Gasteiger partial charge in [0.05, 0.1) is 31.8 Å². The number of amides is 1. The molecule has 1 heterocycles.